The van der Waals surface area contributed by atoms with Gasteiger partial charge in [0.05, 0.1) is 12.1 Å². The highest BCUT2D eigenvalue weighted by atomic mass is 16.4. The lowest BCUT2D eigenvalue weighted by atomic mass is 10.0. The van der Waals surface area contributed by atoms with Crippen LogP contribution < -0.4 is 0 Å². The van der Waals surface area contributed by atoms with Gasteiger partial charge in [-0.15, -0.1) is 0 Å². The van der Waals surface area contributed by atoms with Crippen LogP contribution in [0.4, 0.5) is 4.79 Å². The molecule has 4 nitrogen and oxygen atoms in total. The van der Waals surface area contributed by atoms with Gasteiger partial charge in [0.1, 0.15) is 5.78 Å². The van der Waals surface area contributed by atoms with Gasteiger partial charge in [0, 0.05) is 12.8 Å². The lowest BCUT2D eigenvalue weighted by Gasteiger charge is -2.31. The zero-order chi connectivity index (χ0) is 8.72. The number of piperidine rings is 1. The summed E-state index contributed by atoms with van der Waals surface area (Å²) in [7, 11) is 0. The van der Waals surface area contributed by atoms with E-state index in [1.54, 1.807) is 0 Å². The topological polar surface area (TPSA) is 57.6 Å². The maximum atomic E-state index is 11.0. The number of carbonyl (C=O) groups is 2. The Kier molecular flexibility index (Phi) is 1.43. The Hall–Kier alpha value is -1.32. The van der Waals surface area contributed by atoms with Crippen LogP contribution in [0.2, 0.25) is 0 Å². The molecule has 1 amide bonds. The van der Waals surface area contributed by atoms with Crippen molar-refractivity contribution in [1.29, 1.82) is 0 Å². The van der Waals surface area contributed by atoms with Crippen LogP contribution in [-0.4, -0.2) is 34.0 Å². The molecule has 0 saturated carbocycles. The molecule has 0 spiro atoms. The SMILES string of the molecule is O=C1CC2C=CC(C1)N2C(=O)O. The summed E-state index contributed by atoms with van der Waals surface area (Å²) in [6.45, 7) is 0. The largest absolute Gasteiger partial charge is 0.465 e. The molecule has 2 aliphatic heterocycles. The minimum absolute atomic E-state index is 0.160. The maximum Gasteiger partial charge on any atom is 0.408 e. The van der Waals surface area contributed by atoms with E-state index in [9.17, 15) is 9.59 Å². The standard InChI is InChI=1S/C8H9NO3/c10-7-3-5-1-2-6(4-7)9(5)8(11)12/h1-2,5-6H,3-4H2,(H,11,12). The van der Waals surface area contributed by atoms with E-state index in [2.05, 4.69) is 0 Å². The molecule has 12 heavy (non-hydrogen) atoms. The third kappa shape index (κ3) is 0.913. The van der Waals surface area contributed by atoms with E-state index in [4.69, 9.17) is 5.11 Å². The fourth-order valence-electron chi connectivity index (χ4n) is 1.85. The van der Waals surface area contributed by atoms with Gasteiger partial charge in [-0.1, -0.05) is 12.2 Å². The number of carbonyl (C=O) groups excluding carboxylic acids is 1. The molecule has 4 heteroatoms. The van der Waals surface area contributed by atoms with Crippen LogP contribution in [-0.2, 0) is 4.79 Å². The molecule has 2 aliphatic rings. The van der Waals surface area contributed by atoms with Gasteiger partial charge in [0.25, 0.3) is 0 Å². The number of carboxylic acid groups (broad SMARTS) is 1. The van der Waals surface area contributed by atoms with Gasteiger partial charge in [-0.05, 0) is 0 Å². The fraction of sp³-hybridized carbons (Fsp3) is 0.500. The third-order valence-electron chi connectivity index (χ3n) is 2.36. The first-order valence-corrected chi connectivity index (χ1v) is 3.90. The van der Waals surface area contributed by atoms with Crippen LogP contribution >= 0.6 is 0 Å². The summed E-state index contributed by atoms with van der Waals surface area (Å²) in [5, 5.41) is 8.78. The fourth-order valence-corrected chi connectivity index (χ4v) is 1.85. The molecule has 0 aromatic heterocycles. The molecule has 0 radical (unpaired) electrons. The molecule has 64 valence electrons. The summed E-state index contributed by atoms with van der Waals surface area (Å²) in [6.07, 6.45) is 3.38. The highest BCUT2D eigenvalue weighted by molar-refractivity contribution is 5.84. The van der Waals surface area contributed by atoms with Gasteiger partial charge in [-0.25, -0.2) is 4.79 Å². The quantitative estimate of drug-likeness (QED) is 0.538. The molecule has 0 aliphatic carbocycles. The molecule has 1 fully saturated rings. The number of ketones is 1. The van der Waals surface area contributed by atoms with E-state index in [0.29, 0.717) is 12.8 Å². The molecule has 1 N–H and O–H groups in total. The summed E-state index contributed by atoms with van der Waals surface area (Å²) in [6, 6.07) is -0.400. The number of rotatable bonds is 0. The lowest BCUT2D eigenvalue weighted by molar-refractivity contribution is -0.122. The van der Waals surface area contributed by atoms with Crippen molar-refractivity contribution in [3.63, 3.8) is 0 Å². The first-order valence-electron chi connectivity index (χ1n) is 3.90. The zero-order valence-corrected chi connectivity index (χ0v) is 6.43. The Labute approximate surface area is 69.5 Å². The second-order valence-corrected chi connectivity index (χ2v) is 3.16. The molecular weight excluding hydrogens is 158 g/mol. The minimum Gasteiger partial charge on any atom is -0.465 e. The molecule has 2 rings (SSSR count). The number of fused-ring (bicyclic) bond motifs is 2. The molecule has 1 saturated heterocycles. The average Bonchev–Trinajstić information content (AvgIpc) is 2.24. The van der Waals surface area contributed by atoms with Crippen molar-refractivity contribution in [2.75, 3.05) is 0 Å². The number of hydrogen-bond donors (Lipinski definition) is 1. The lowest BCUT2D eigenvalue weighted by Crippen LogP contribution is -2.46. The Bertz CT molecular complexity index is 253. The Morgan fingerprint density at radius 2 is 1.92 bits per heavy atom. The molecule has 2 bridgehead atoms. The first-order chi connectivity index (χ1) is 5.68. The van der Waals surface area contributed by atoms with Gasteiger partial charge in [-0.2, -0.15) is 0 Å². The predicted octanol–water partition coefficient (Wildman–Crippen LogP) is 0.636. The van der Waals surface area contributed by atoms with Gasteiger partial charge in [-0.3, -0.25) is 9.69 Å². The van der Waals surface area contributed by atoms with Crippen molar-refractivity contribution in [2.24, 2.45) is 0 Å². The van der Waals surface area contributed by atoms with E-state index in [1.165, 1.54) is 4.90 Å². The summed E-state index contributed by atoms with van der Waals surface area (Å²) in [5.74, 6) is 0.160. The summed E-state index contributed by atoms with van der Waals surface area (Å²) >= 11 is 0. The molecular formula is C8H9NO3. The van der Waals surface area contributed by atoms with Gasteiger partial charge in [0.15, 0.2) is 0 Å². The second-order valence-electron chi connectivity index (χ2n) is 3.16. The Morgan fingerprint density at radius 3 is 2.33 bits per heavy atom. The van der Waals surface area contributed by atoms with Crippen LogP contribution in [0.3, 0.4) is 0 Å². The number of amides is 1. The van der Waals surface area contributed by atoms with Crippen LogP contribution in [0.1, 0.15) is 12.8 Å². The van der Waals surface area contributed by atoms with Crippen LogP contribution in [0.5, 0.6) is 0 Å². The monoisotopic (exact) mass is 167 g/mol. The van der Waals surface area contributed by atoms with Crippen LogP contribution in [0, 0.1) is 0 Å². The summed E-state index contributed by atoms with van der Waals surface area (Å²) < 4.78 is 0. The van der Waals surface area contributed by atoms with Crippen molar-refractivity contribution in [3.8, 4) is 0 Å². The number of hydrogen-bond acceptors (Lipinski definition) is 2. The van der Waals surface area contributed by atoms with Crippen molar-refractivity contribution in [2.45, 2.75) is 24.9 Å². The Morgan fingerprint density at radius 1 is 1.42 bits per heavy atom. The average molecular weight is 167 g/mol. The molecule has 2 atom stereocenters. The van der Waals surface area contributed by atoms with Gasteiger partial charge >= 0.3 is 6.09 Å². The second kappa shape index (κ2) is 2.33. The first kappa shape index (κ1) is 7.34. The van der Waals surface area contributed by atoms with Gasteiger partial charge < -0.3 is 5.11 Å². The van der Waals surface area contributed by atoms with Crippen molar-refractivity contribution in [1.82, 2.24) is 4.90 Å². The van der Waals surface area contributed by atoms with E-state index < -0.39 is 6.09 Å². The molecule has 2 unspecified atom stereocenters. The predicted molar refractivity (Wildman–Crippen MR) is 40.8 cm³/mol. The third-order valence-corrected chi connectivity index (χ3v) is 2.36. The highest BCUT2D eigenvalue weighted by Crippen LogP contribution is 2.27. The highest BCUT2D eigenvalue weighted by Gasteiger charge is 2.39. The molecule has 2 heterocycles. The van der Waals surface area contributed by atoms with Gasteiger partial charge in [0.2, 0.25) is 0 Å². The smallest absolute Gasteiger partial charge is 0.408 e. The maximum absolute atomic E-state index is 11.0. The molecule has 0 aromatic rings. The minimum atomic E-state index is -0.928. The summed E-state index contributed by atoms with van der Waals surface area (Å²) in [5.41, 5.74) is 0. The zero-order valence-electron chi connectivity index (χ0n) is 6.43. The van der Waals surface area contributed by atoms with Crippen molar-refractivity contribution >= 4 is 11.9 Å². The van der Waals surface area contributed by atoms with E-state index in [1.807, 2.05) is 12.2 Å². The molecule has 0 aromatic carbocycles. The van der Waals surface area contributed by atoms with E-state index in [0.717, 1.165) is 0 Å². The van der Waals surface area contributed by atoms with E-state index in [-0.39, 0.29) is 17.9 Å². The Balaban J connectivity index is 2.23. The van der Waals surface area contributed by atoms with Crippen LogP contribution in [0.15, 0.2) is 12.2 Å². The number of nitrogens with zero attached hydrogens (tertiary/aromatic N) is 1. The van der Waals surface area contributed by atoms with Crippen LogP contribution in [0.25, 0.3) is 0 Å². The van der Waals surface area contributed by atoms with Crippen molar-refractivity contribution in [3.05, 3.63) is 12.2 Å². The normalized spacial score (nSPS) is 32.7. The summed E-state index contributed by atoms with van der Waals surface area (Å²) in [4.78, 5) is 23.1. The number of Topliss-reactive ketones (excluding diaryl/α,β-unsaturated/α-hetero) is 1. The van der Waals surface area contributed by atoms with Crippen molar-refractivity contribution < 1.29 is 14.7 Å². The van der Waals surface area contributed by atoms with E-state index >= 15 is 0 Å².